The number of hydrogen-bond donors (Lipinski definition) is 1. The summed E-state index contributed by atoms with van der Waals surface area (Å²) in [5.41, 5.74) is 5.19. The van der Waals surface area contributed by atoms with Crippen molar-refractivity contribution in [3.8, 4) is 22.8 Å². The zero-order valence-corrected chi connectivity index (χ0v) is 17.8. The van der Waals surface area contributed by atoms with Gasteiger partial charge in [-0.25, -0.2) is 4.98 Å². The molecule has 0 atom stereocenters. The van der Waals surface area contributed by atoms with Gasteiger partial charge in [-0.1, -0.05) is 17.7 Å². The van der Waals surface area contributed by atoms with E-state index in [9.17, 15) is 14.9 Å². The van der Waals surface area contributed by atoms with Crippen molar-refractivity contribution in [1.29, 1.82) is 0 Å². The molecule has 0 spiro atoms. The molecule has 1 N–H and O–H groups in total. The van der Waals surface area contributed by atoms with Crippen molar-refractivity contribution in [3.05, 3.63) is 62.5 Å². The number of ether oxygens (including phenoxy) is 2. The third kappa shape index (κ3) is 4.74. The van der Waals surface area contributed by atoms with Gasteiger partial charge in [-0.05, 0) is 38.0 Å². The quantitative estimate of drug-likeness (QED) is 0.434. The molecule has 0 fully saturated rings. The molecule has 3 rings (SSSR count). The van der Waals surface area contributed by atoms with E-state index in [2.05, 4.69) is 29.4 Å². The summed E-state index contributed by atoms with van der Waals surface area (Å²) >= 11 is 1.33. The summed E-state index contributed by atoms with van der Waals surface area (Å²) in [6, 6.07) is 8.13. The molecule has 156 valence electrons. The fourth-order valence-corrected chi connectivity index (χ4v) is 3.94. The average Bonchev–Trinajstić information content (AvgIpc) is 3.13. The highest BCUT2D eigenvalue weighted by molar-refractivity contribution is 7.14. The number of carbonyl (C=O) groups is 1. The van der Waals surface area contributed by atoms with Crippen LogP contribution in [0.4, 0.5) is 10.8 Å². The number of nitrogens with zero attached hydrogens (tertiary/aromatic N) is 2. The minimum absolute atomic E-state index is 0.124. The number of benzene rings is 2. The van der Waals surface area contributed by atoms with Crippen molar-refractivity contribution in [2.24, 2.45) is 0 Å². The van der Waals surface area contributed by atoms with Crippen LogP contribution >= 0.6 is 11.3 Å². The van der Waals surface area contributed by atoms with Crippen LogP contribution in [-0.2, 0) is 4.79 Å². The summed E-state index contributed by atoms with van der Waals surface area (Å²) in [5.74, 6) is 0.0245. The lowest BCUT2D eigenvalue weighted by atomic mass is 9.98. The van der Waals surface area contributed by atoms with Crippen LogP contribution in [0.15, 0.2) is 35.7 Å². The van der Waals surface area contributed by atoms with Crippen molar-refractivity contribution in [2.75, 3.05) is 19.0 Å². The summed E-state index contributed by atoms with van der Waals surface area (Å²) in [6.07, 6.45) is 0. The number of non-ortho nitro benzene ring substituents is 1. The second-order valence-electron chi connectivity index (χ2n) is 6.74. The zero-order valence-electron chi connectivity index (χ0n) is 17.0. The first-order valence-corrected chi connectivity index (χ1v) is 9.95. The van der Waals surface area contributed by atoms with Crippen LogP contribution < -0.4 is 14.8 Å². The molecular weight excluding hydrogens is 406 g/mol. The Morgan fingerprint density at radius 3 is 2.50 bits per heavy atom. The third-order valence-corrected chi connectivity index (χ3v) is 5.16. The highest BCUT2D eigenvalue weighted by Crippen LogP contribution is 2.32. The molecule has 3 aromatic rings. The Morgan fingerprint density at radius 1 is 1.17 bits per heavy atom. The molecule has 9 heteroatoms. The van der Waals surface area contributed by atoms with Gasteiger partial charge < -0.3 is 9.47 Å². The summed E-state index contributed by atoms with van der Waals surface area (Å²) in [4.78, 5) is 27.1. The second-order valence-corrected chi connectivity index (χ2v) is 7.60. The maximum atomic E-state index is 12.3. The van der Waals surface area contributed by atoms with E-state index in [1.807, 2.05) is 19.2 Å². The van der Waals surface area contributed by atoms with Crippen LogP contribution in [0.3, 0.4) is 0 Å². The minimum atomic E-state index is -0.531. The van der Waals surface area contributed by atoms with Gasteiger partial charge in [0, 0.05) is 17.0 Å². The molecule has 1 amide bonds. The van der Waals surface area contributed by atoms with E-state index in [4.69, 9.17) is 9.47 Å². The topological polar surface area (TPSA) is 104 Å². The molecule has 0 unspecified atom stereocenters. The van der Waals surface area contributed by atoms with E-state index in [-0.39, 0.29) is 23.8 Å². The number of thiazole rings is 1. The number of hydrogen-bond acceptors (Lipinski definition) is 7. The molecule has 1 heterocycles. The Kier molecular flexibility index (Phi) is 6.31. The predicted octanol–water partition coefficient (Wildman–Crippen LogP) is 4.67. The molecule has 0 aliphatic carbocycles. The Morgan fingerprint density at radius 2 is 1.87 bits per heavy atom. The molecule has 0 saturated carbocycles. The summed E-state index contributed by atoms with van der Waals surface area (Å²) in [5, 5.41) is 15.9. The fourth-order valence-electron chi connectivity index (χ4n) is 3.22. The first-order chi connectivity index (χ1) is 14.3. The molecule has 0 aliphatic heterocycles. The number of aryl methyl sites for hydroxylation is 3. The van der Waals surface area contributed by atoms with Crippen molar-refractivity contribution in [3.63, 3.8) is 0 Å². The molecular formula is C21H21N3O5S. The number of aromatic nitrogens is 1. The number of amides is 1. The number of methoxy groups -OCH3 is 1. The molecule has 0 aliphatic rings. The highest BCUT2D eigenvalue weighted by Gasteiger charge is 2.15. The molecule has 0 saturated heterocycles. The van der Waals surface area contributed by atoms with Gasteiger partial charge in [0.05, 0.1) is 23.8 Å². The molecule has 0 radical (unpaired) electrons. The number of nitro benzene ring substituents is 1. The lowest BCUT2D eigenvalue weighted by Crippen LogP contribution is -2.20. The van der Waals surface area contributed by atoms with Crippen molar-refractivity contribution >= 4 is 28.1 Å². The normalized spacial score (nSPS) is 10.5. The van der Waals surface area contributed by atoms with E-state index in [1.165, 1.54) is 42.2 Å². The number of nitro groups is 1. The van der Waals surface area contributed by atoms with Crippen LogP contribution in [0.2, 0.25) is 0 Å². The van der Waals surface area contributed by atoms with Gasteiger partial charge in [0.25, 0.3) is 11.6 Å². The van der Waals surface area contributed by atoms with Gasteiger partial charge in [-0.15, -0.1) is 11.3 Å². The minimum Gasteiger partial charge on any atom is -0.493 e. The van der Waals surface area contributed by atoms with Crippen molar-refractivity contribution < 1.29 is 19.2 Å². The summed E-state index contributed by atoms with van der Waals surface area (Å²) < 4.78 is 10.6. The van der Waals surface area contributed by atoms with Gasteiger partial charge in [-0.2, -0.15) is 0 Å². The third-order valence-electron chi connectivity index (χ3n) is 4.40. The van der Waals surface area contributed by atoms with E-state index < -0.39 is 10.8 Å². The largest absolute Gasteiger partial charge is 0.493 e. The average molecular weight is 427 g/mol. The molecule has 0 bridgehead atoms. The fraction of sp³-hybridized carbons (Fsp3) is 0.238. The Hall–Kier alpha value is -3.46. The standard InChI is InChI=1S/C21H21N3O5S/c1-12-7-13(2)20(14(3)8-12)16-11-30-21(22-16)23-19(25)10-29-17-6-5-15(24(26)27)9-18(17)28-4/h5-9,11H,10H2,1-4H3,(H,22,23,25). The monoisotopic (exact) mass is 427 g/mol. The van der Waals surface area contributed by atoms with Crippen molar-refractivity contribution in [1.82, 2.24) is 4.98 Å². The highest BCUT2D eigenvalue weighted by atomic mass is 32.1. The van der Waals surface area contributed by atoms with Crippen molar-refractivity contribution in [2.45, 2.75) is 20.8 Å². The first kappa shape index (κ1) is 21.3. The number of rotatable bonds is 7. The van der Waals surface area contributed by atoms with Crippen LogP contribution in [0.25, 0.3) is 11.3 Å². The number of anilines is 1. The summed E-state index contributed by atoms with van der Waals surface area (Å²) in [7, 11) is 1.37. The number of nitrogens with one attached hydrogen (secondary N) is 1. The predicted molar refractivity (Wildman–Crippen MR) is 116 cm³/mol. The van der Waals surface area contributed by atoms with Crippen LogP contribution in [0.5, 0.6) is 11.5 Å². The molecule has 2 aromatic carbocycles. The van der Waals surface area contributed by atoms with E-state index >= 15 is 0 Å². The van der Waals surface area contributed by atoms with Gasteiger partial charge >= 0.3 is 0 Å². The van der Waals surface area contributed by atoms with Gasteiger partial charge in [0.2, 0.25) is 0 Å². The maximum Gasteiger partial charge on any atom is 0.273 e. The van der Waals surface area contributed by atoms with Gasteiger partial charge in [-0.3, -0.25) is 20.2 Å². The maximum absolute atomic E-state index is 12.3. The Labute approximate surface area is 177 Å². The smallest absolute Gasteiger partial charge is 0.273 e. The van der Waals surface area contributed by atoms with E-state index in [0.29, 0.717) is 5.13 Å². The van der Waals surface area contributed by atoms with Gasteiger partial charge in [0.1, 0.15) is 0 Å². The first-order valence-electron chi connectivity index (χ1n) is 9.07. The molecule has 8 nitrogen and oxygen atoms in total. The Bertz CT molecular complexity index is 1090. The van der Waals surface area contributed by atoms with Crippen LogP contribution in [-0.4, -0.2) is 29.5 Å². The van der Waals surface area contributed by atoms with E-state index in [1.54, 1.807) is 0 Å². The van der Waals surface area contributed by atoms with Gasteiger partial charge in [0.15, 0.2) is 23.2 Å². The van der Waals surface area contributed by atoms with Crippen LogP contribution in [0.1, 0.15) is 16.7 Å². The Balaban J connectivity index is 1.66. The molecule has 30 heavy (non-hydrogen) atoms. The summed E-state index contributed by atoms with van der Waals surface area (Å²) in [6.45, 7) is 5.85. The van der Waals surface area contributed by atoms with Crippen LogP contribution in [0, 0.1) is 30.9 Å². The number of carbonyl (C=O) groups excluding carboxylic acids is 1. The second kappa shape index (κ2) is 8.91. The zero-order chi connectivity index (χ0) is 21.8. The molecule has 1 aromatic heterocycles. The SMILES string of the molecule is COc1cc([N+](=O)[O-])ccc1OCC(=O)Nc1nc(-c2c(C)cc(C)cc2C)cs1. The lowest BCUT2D eigenvalue weighted by Gasteiger charge is -2.10. The van der Waals surface area contributed by atoms with E-state index in [0.717, 1.165) is 22.4 Å². The lowest BCUT2D eigenvalue weighted by molar-refractivity contribution is -0.384.